The molecule has 1 heterocycles. The molecule has 1 aromatic heterocycles. The van der Waals surface area contributed by atoms with Crippen LogP contribution in [-0.4, -0.2) is 15.5 Å². The number of nitrogens with zero attached hydrogens (tertiary/aromatic N) is 2. The minimum atomic E-state index is -0.287. The van der Waals surface area contributed by atoms with Crippen molar-refractivity contribution in [2.75, 3.05) is 5.32 Å². The fourth-order valence-corrected chi connectivity index (χ4v) is 4.06. The predicted molar refractivity (Wildman–Crippen MR) is 142 cm³/mol. The van der Waals surface area contributed by atoms with Crippen LogP contribution in [0.5, 0.6) is 0 Å². The minimum Gasteiger partial charge on any atom is -0.367 e. The monoisotopic (exact) mass is 525 g/mol. The highest BCUT2D eigenvalue weighted by atomic mass is 35.5. The van der Waals surface area contributed by atoms with E-state index in [0.29, 0.717) is 33.9 Å². The van der Waals surface area contributed by atoms with Crippen molar-refractivity contribution in [2.24, 2.45) is 0 Å². The lowest BCUT2D eigenvalue weighted by Gasteiger charge is -2.20. The van der Waals surface area contributed by atoms with Crippen LogP contribution >= 0.6 is 34.8 Å². The number of halogens is 3. The molecule has 1 amide bonds. The van der Waals surface area contributed by atoms with Crippen molar-refractivity contribution < 1.29 is 9.53 Å². The maximum Gasteiger partial charge on any atom is 0.248 e. The van der Waals surface area contributed by atoms with E-state index in [4.69, 9.17) is 39.5 Å². The second kappa shape index (κ2) is 12.0. The first kappa shape index (κ1) is 25.0. The van der Waals surface area contributed by atoms with E-state index < -0.39 is 0 Å². The van der Waals surface area contributed by atoms with E-state index in [0.717, 1.165) is 16.7 Å². The highest BCUT2D eigenvalue weighted by Crippen LogP contribution is 2.30. The van der Waals surface area contributed by atoms with Gasteiger partial charge in [-0.25, -0.2) is 4.98 Å². The molecule has 4 aromatic rings. The molecule has 0 radical (unpaired) electrons. The predicted octanol–water partition coefficient (Wildman–Crippen LogP) is 7.45. The van der Waals surface area contributed by atoms with Gasteiger partial charge in [0.1, 0.15) is 6.10 Å². The zero-order valence-corrected chi connectivity index (χ0v) is 20.8. The van der Waals surface area contributed by atoms with Gasteiger partial charge >= 0.3 is 0 Å². The summed E-state index contributed by atoms with van der Waals surface area (Å²) in [5.74, 6) is -0.220. The molecule has 0 aliphatic heterocycles. The third kappa shape index (κ3) is 7.44. The van der Waals surface area contributed by atoms with Gasteiger partial charge in [-0.3, -0.25) is 4.79 Å². The maximum absolute atomic E-state index is 12.2. The molecule has 5 nitrogen and oxygen atoms in total. The van der Waals surface area contributed by atoms with Crippen LogP contribution in [0.1, 0.15) is 22.8 Å². The van der Waals surface area contributed by atoms with Crippen LogP contribution in [0.4, 0.5) is 5.69 Å². The lowest BCUT2D eigenvalue weighted by Crippen LogP contribution is -2.12. The molecule has 0 aliphatic rings. The normalized spacial score (nSPS) is 12.1. The lowest BCUT2D eigenvalue weighted by molar-refractivity contribution is -0.111. The lowest BCUT2D eigenvalue weighted by atomic mass is 10.1. The van der Waals surface area contributed by atoms with Gasteiger partial charge < -0.3 is 14.6 Å². The number of carbonyl (C=O) groups is 1. The number of aromatic nitrogens is 2. The number of amides is 1. The minimum absolute atomic E-state index is 0.220. The molecule has 1 atom stereocenters. The summed E-state index contributed by atoms with van der Waals surface area (Å²) in [5, 5.41) is 4.54. The summed E-state index contributed by atoms with van der Waals surface area (Å²) < 4.78 is 8.20. The van der Waals surface area contributed by atoms with Crippen molar-refractivity contribution in [3.63, 3.8) is 0 Å². The second-order valence-electron chi connectivity index (χ2n) is 7.80. The molecule has 8 heteroatoms. The Bertz CT molecular complexity index is 1290. The standard InChI is InChI=1S/C27H22Cl3N3O2/c28-21-6-9-23(10-7-21)32-27(34)12-5-19-1-3-20(4-2-19)17-35-26(16-33-14-13-31-18-33)24-11-8-22(29)15-25(24)30/h1-15,18,26H,16-17H2,(H,32,34)/b12-5+. The van der Waals surface area contributed by atoms with E-state index >= 15 is 0 Å². The number of hydrogen-bond acceptors (Lipinski definition) is 3. The maximum atomic E-state index is 12.2. The van der Waals surface area contributed by atoms with Gasteiger partial charge in [-0.15, -0.1) is 0 Å². The van der Waals surface area contributed by atoms with Crippen LogP contribution in [0.2, 0.25) is 15.1 Å². The highest BCUT2D eigenvalue weighted by Gasteiger charge is 2.17. The van der Waals surface area contributed by atoms with Crippen molar-refractivity contribution >= 4 is 52.5 Å². The summed E-state index contributed by atoms with van der Waals surface area (Å²) in [4.78, 5) is 16.3. The molecule has 0 fully saturated rings. The van der Waals surface area contributed by atoms with Gasteiger partial charge in [0.15, 0.2) is 0 Å². The molecule has 1 unspecified atom stereocenters. The Morgan fingerprint density at radius 3 is 2.43 bits per heavy atom. The summed E-state index contributed by atoms with van der Waals surface area (Å²) in [6.07, 6.45) is 8.30. The summed E-state index contributed by atoms with van der Waals surface area (Å²) in [6, 6.07) is 20.2. The topological polar surface area (TPSA) is 56.2 Å². The first-order chi connectivity index (χ1) is 17.0. The third-order valence-electron chi connectivity index (χ3n) is 5.22. The van der Waals surface area contributed by atoms with E-state index in [1.54, 1.807) is 55.0 Å². The molecule has 178 valence electrons. The Morgan fingerprint density at radius 1 is 1.00 bits per heavy atom. The zero-order valence-electron chi connectivity index (χ0n) is 18.6. The molecule has 4 rings (SSSR count). The summed E-state index contributed by atoms with van der Waals surface area (Å²) in [7, 11) is 0. The van der Waals surface area contributed by atoms with Crippen molar-refractivity contribution in [1.82, 2.24) is 9.55 Å². The molecule has 0 bridgehead atoms. The molecule has 3 aromatic carbocycles. The van der Waals surface area contributed by atoms with Crippen LogP contribution in [-0.2, 0) is 22.7 Å². The van der Waals surface area contributed by atoms with E-state index in [-0.39, 0.29) is 12.0 Å². The Balaban J connectivity index is 1.37. The average molecular weight is 527 g/mol. The SMILES string of the molecule is O=C(/C=C/c1ccc(COC(Cn2ccnc2)c2ccc(Cl)cc2Cl)cc1)Nc1ccc(Cl)cc1. The van der Waals surface area contributed by atoms with Crippen LogP contribution in [0.25, 0.3) is 6.08 Å². The molecule has 0 aliphatic carbocycles. The van der Waals surface area contributed by atoms with Crippen LogP contribution in [0, 0.1) is 0 Å². The molecular formula is C27H22Cl3N3O2. The summed E-state index contributed by atoms with van der Waals surface area (Å²) >= 11 is 18.4. The Kier molecular flexibility index (Phi) is 8.61. The molecular weight excluding hydrogens is 505 g/mol. The number of anilines is 1. The van der Waals surface area contributed by atoms with Gasteiger partial charge in [0.05, 0.1) is 19.5 Å². The first-order valence-electron chi connectivity index (χ1n) is 10.8. The number of hydrogen-bond donors (Lipinski definition) is 1. The average Bonchev–Trinajstić information content (AvgIpc) is 3.36. The molecule has 1 N–H and O–H groups in total. The number of ether oxygens (including phenoxy) is 1. The van der Waals surface area contributed by atoms with Crippen LogP contribution < -0.4 is 5.32 Å². The van der Waals surface area contributed by atoms with E-state index in [1.807, 2.05) is 41.1 Å². The number of nitrogens with one attached hydrogen (secondary N) is 1. The van der Waals surface area contributed by atoms with Gasteiger partial charge in [-0.1, -0.05) is 65.1 Å². The highest BCUT2D eigenvalue weighted by molar-refractivity contribution is 6.35. The Hall–Kier alpha value is -3.09. The van der Waals surface area contributed by atoms with Gasteiger partial charge in [-0.05, 0) is 53.6 Å². The van der Waals surface area contributed by atoms with Crippen molar-refractivity contribution in [3.05, 3.63) is 123 Å². The zero-order chi connectivity index (χ0) is 24.6. The fourth-order valence-electron chi connectivity index (χ4n) is 3.40. The quantitative estimate of drug-likeness (QED) is 0.230. The number of imidazole rings is 1. The molecule has 0 spiro atoms. The summed E-state index contributed by atoms with van der Waals surface area (Å²) in [6.45, 7) is 0.949. The number of benzene rings is 3. The number of rotatable bonds is 9. The van der Waals surface area contributed by atoms with E-state index in [1.165, 1.54) is 6.08 Å². The molecule has 0 saturated heterocycles. The smallest absolute Gasteiger partial charge is 0.248 e. The van der Waals surface area contributed by atoms with E-state index in [9.17, 15) is 4.79 Å². The van der Waals surface area contributed by atoms with Crippen LogP contribution in [0.15, 0.2) is 91.5 Å². The second-order valence-corrected chi connectivity index (χ2v) is 9.08. The fraction of sp³-hybridized carbons (Fsp3) is 0.111. The summed E-state index contributed by atoms with van der Waals surface area (Å²) in [5.41, 5.74) is 3.43. The largest absolute Gasteiger partial charge is 0.367 e. The van der Waals surface area contributed by atoms with Crippen molar-refractivity contribution in [1.29, 1.82) is 0 Å². The third-order valence-corrected chi connectivity index (χ3v) is 6.03. The van der Waals surface area contributed by atoms with Gasteiger partial charge in [0.2, 0.25) is 5.91 Å². The Labute approximate surface area is 218 Å². The first-order valence-corrected chi connectivity index (χ1v) is 12.0. The Morgan fingerprint density at radius 2 is 1.74 bits per heavy atom. The van der Waals surface area contributed by atoms with Gasteiger partial charge in [0.25, 0.3) is 0 Å². The van der Waals surface area contributed by atoms with Gasteiger partial charge in [0, 0.05) is 44.8 Å². The van der Waals surface area contributed by atoms with Crippen LogP contribution in [0.3, 0.4) is 0 Å². The van der Waals surface area contributed by atoms with Crippen molar-refractivity contribution in [3.8, 4) is 0 Å². The number of carbonyl (C=O) groups excluding carboxylic acids is 1. The van der Waals surface area contributed by atoms with Crippen molar-refractivity contribution in [2.45, 2.75) is 19.3 Å². The molecule has 0 saturated carbocycles. The van der Waals surface area contributed by atoms with Gasteiger partial charge in [-0.2, -0.15) is 0 Å². The van der Waals surface area contributed by atoms with E-state index in [2.05, 4.69) is 10.3 Å². The molecule has 35 heavy (non-hydrogen) atoms.